The predicted molar refractivity (Wildman–Crippen MR) is 102 cm³/mol. The van der Waals surface area contributed by atoms with E-state index in [1.54, 1.807) is 0 Å². The maximum Gasteiger partial charge on any atom is 0.306 e. The lowest BCUT2D eigenvalue weighted by Gasteiger charge is -2.57. The summed E-state index contributed by atoms with van der Waals surface area (Å²) < 4.78 is 5.21. The number of ketones is 2. The molecule has 6 atom stereocenters. The highest BCUT2D eigenvalue weighted by molar-refractivity contribution is 5.92. The van der Waals surface area contributed by atoms with Gasteiger partial charge in [-0.05, 0) is 74.2 Å². The molecule has 148 valence electrons. The second kappa shape index (κ2) is 6.56. The van der Waals surface area contributed by atoms with Crippen molar-refractivity contribution in [2.45, 2.75) is 72.1 Å². The third-order valence-corrected chi connectivity index (χ3v) is 8.54. The monoisotopic (exact) mass is 372 g/mol. The molecule has 3 saturated carbocycles. The Balaban J connectivity index is 1.65. The zero-order valence-corrected chi connectivity index (χ0v) is 16.9. The lowest BCUT2D eigenvalue weighted by Crippen LogP contribution is -2.51. The third-order valence-electron chi connectivity index (χ3n) is 8.54. The van der Waals surface area contributed by atoms with E-state index < -0.39 is 0 Å². The molecular formula is C23H32O4. The number of hydrogen-bond acceptors (Lipinski definition) is 4. The van der Waals surface area contributed by atoms with Crippen LogP contribution in [0.2, 0.25) is 0 Å². The predicted octanol–water partition coefficient (Wildman–Crippen LogP) is 4.27. The molecule has 4 rings (SSSR count). The first-order valence-corrected chi connectivity index (χ1v) is 10.7. The van der Waals surface area contributed by atoms with Gasteiger partial charge in [0.15, 0.2) is 5.78 Å². The van der Waals surface area contributed by atoms with Crippen LogP contribution in [0.5, 0.6) is 0 Å². The Morgan fingerprint density at radius 1 is 1.15 bits per heavy atom. The Labute approximate surface area is 162 Å². The van der Waals surface area contributed by atoms with Gasteiger partial charge in [0.2, 0.25) is 0 Å². The molecule has 4 heteroatoms. The van der Waals surface area contributed by atoms with E-state index >= 15 is 0 Å². The van der Waals surface area contributed by atoms with E-state index in [1.165, 1.54) is 5.57 Å². The summed E-state index contributed by atoms with van der Waals surface area (Å²) in [5.74, 6) is 1.87. The topological polar surface area (TPSA) is 60.4 Å². The molecule has 4 aliphatic carbocycles. The highest BCUT2D eigenvalue weighted by atomic mass is 16.5. The molecular weight excluding hydrogens is 340 g/mol. The summed E-state index contributed by atoms with van der Waals surface area (Å²) in [5.41, 5.74) is 1.16. The van der Waals surface area contributed by atoms with Crippen LogP contribution < -0.4 is 0 Å². The second-order valence-corrected chi connectivity index (χ2v) is 9.74. The van der Waals surface area contributed by atoms with Gasteiger partial charge in [-0.1, -0.05) is 19.4 Å². The minimum Gasteiger partial charge on any atom is -0.466 e. The third kappa shape index (κ3) is 2.82. The molecule has 0 saturated heterocycles. The minimum atomic E-state index is -0.277. The Morgan fingerprint density at radius 3 is 2.67 bits per heavy atom. The molecule has 0 bridgehead atoms. The number of hydrogen-bond donors (Lipinski definition) is 0. The van der Waals surface area contributed by atoms with Crippen molar-refractivity contribution in [1.82, 2.24) is 0 Å². The second-order valence-electron chi connectivity index (χ2n) is 9.74. The smallest absolute Gasteiger partial charge is 0.306 e. The zero-order chi connectivity index (χ0) is 19.4. The normalized spacial score (nSPS) is 43.4. The molecule has 0 aromatic carbocycles. The summed E-state index contributed by atoms with van der Waals surface area (Å²) in [7, 11) is 0. The van der Waals surface area contributed by atoms with Crippen molar-refractivity contribution in [3.63, 3.8) is 0 Å². The first-order valence-electron chi connectivity index (χ1n) is 10.7. The van der Waals surface area contributed by atoms with Crippen LogP contribution in [0.3, 0.4) is 0 Å². The molecule has 0 amide bonds. The van der Waals surface area contributed by atoms with Gasteiger partial charge < -0.3 is 4.74 Å². The van der Waals surface area contributed by atoms with Crippen molar-refractivity contribution in [3.8, 4) is 0 Å². The van der Waals surface area contributed by atoms with Crippen LogP contribution in [0.1, 0.15) is 72.1 Å². The summed E-state index contributed by atoms with van der Waals surface area (Å²) >= 11 is 0. The SMILES string of the molecule is CCOC(=O)CC1CC(=O)[C@@]2(C)CC[C@@H]3[C@@H](CCC4=CC(=O)CC[C@@]43C)[C@H]12. The minimum absolute atomic E-state index is 0.0955. The molecule has 1 unspecified atom stereocenters. The Hall–Kier alpha value is -1.45. The molecule has 0 aromatic heterocycles. The number of carbonyl (C=O) groups excluding carboxylic acids is 3. The molecule has 0 N–H and O–H groups in total. The first kappa shape index (κ1) is 18.9. The Kier molecular flexibility index (Phi) is 4.59. The maximum absolute atomic E-state index is 13.0. The van der Waals surface area contributed by atoms with Gasteiger partial charge in [-0.25, -0.2) is 0 Å². The van der Waals surface area contributed by atoms with Gasteiger partial charge >= 0.3 is 5.97 Å². The van der Waals surface area contributed by atoms with E-state index in [0.717, 1.165) is 32.1 Å². The van der Waals surface area contributed by atoms with Gasteiger partial charge in [-0.3, -0.25) is 14.4 Å². The lowest BCUT2D eigenvalue weighted by molar-refractivity contribution is -0.146. The van der Waals surface area contributed by atoms with E-state index in [4.69, 9.17) is 4.74 Å². The number of allylic oxidation sites excluding steroid dienone is 1. The number of fused-ring (bicyclic) bond motifs is 5. The van der Waals surface area contributed by atoms with Crippen LogP contribution in [-0.2, 0) is 19.1 Å². The van der Waals surface area contributed by atoms with E-state index in [0.29, 0.717) is 43.5 Å². The van der Waals surface area contributed by atoms with Crippen molar-refractivity contribution in [2.75, 3.05) is 6.61 Å². The quantitative estimate of drug-likeness (QED) is 0.694. The molecule has 0 aromatic rings. The molecule has 0 heterocycles. The average molecular weight is 373 g/mol. The van der Waals surface area contributed by atoms with Gasteiger partial charge in [-0.15, -0.1) is 0 Å². The lowest BCUT2D eigenvalue weighted by atomic mass is 9.46. The summed E-state index contributed by atoms with van der Waals surface area (Å²) in [6.07, 6.45) is 8.43. The number of ether oxygens (including phenoxy) is 1. The first-order chi connectivity index (χ1) is 12.8. The fourth-order valence-corrected chi connectivity index (χ4v) is 7.24. The van der Waals surface area contributed by atoms with Crippen LogP contribution in [0, 0.1) is 34.5 Å². The maximum atomic E-state index is 13.0. The van der Waals surface area contributed by atoms with Crippen LogP contribution in [-0.4, -0.2) is 24.1 Å². The Bertz CT molecular complexity index is 707. The van der Waals surface area contributed by atoms with Gasteiger partial charge in [0.1, 0.15) is 5.78 Å². The molecule has 0 aliphatic heterocycles. The largest absolute Gasteiger partial charge is 0.466 e. The molecule has 4 nitrogen and oxygen atoms in total. The molecule has 3 fully saturated rings. The van der Waals surface area contributed by atoms with Gasteiger partial charge in [0.25, 0.3) is 0 Å². The van der Waals surface area contributed by atoms with Crippen LogP contribution in [0.15, 0.2) is 11.6 Å². The standard InChI is InChI=1S/C23H32O4/c1-4-27-20(26)12-14-11-19(25)23(3)10-8-18-17(21(14)23)6-5-15-13-16(24)7-9-22(15,18)2/h13-14,17-18,21H,4-12H2,1-3H3/t14?,17-,18-,21+,22+,23-/m1/s1. The van der Waals surface area contributed by atoms with E-state index in [2.05, 4.69) is 13.8 Å². The zero-order valence-electron chi connectivity index (χ0n) is 16.9. The van der Waals surface area contributed by atoms with Crippen LogP contribution in [0.4, 0.5) is 0 Å². The Morgan fingerprint density at radius 2 is 1.93 bits per heavy atom. The number of carbonyl (C=O) groups is 3. The van der Waals surface area contributed by atoms with E-state index in [-0.39, 0.29) is 34.4 Å². The number of esters is 1. The number of Topliss-reactive ketones (excluding diaryl/α,β-unsaturated/α-hetero) is 1. The molecule has 0 radical (unpaired) electrons. The van der Waals surface area contributed by atoms with Crippen molar-refractivity contribution in [3.05, 3.63) is 11.6 Å². The van der Waals surface area contributed by atoms with E-state index in [9.17, 15) is 14.4 Å². The van der Waals surface area contributed by atoms with Crippen molar-refractivity contribution in [1.29, 1.82) is 0 Å². The van der Waals surface area contributed by atoms with Crippen LogP contribution in [0.25, 0.3) is 0 Å². The van der Waals surface area contributed by atoms with Crippen LogP contribution >= 0.6 is 0 Å². The molecule has 0 spiro atoms. The summed E-state index contributed by atoms with van der Waals surface area (Å²) in [6, 6.07) is 0. The summed E-state index contributed by atoms with van der Waals surface area (Å²) in [6.45, 7) is 6.73. The van der Waals surface area contributed by atoms with Crippen molar-refractivity contribution < 1.29 is 19.1 Å². The van der Waals surface area contributed by atoms with Crippen molar-refractivity contribution >= 4 is 17.5 Å². The highest BCUT2D eigenvalue weighted by Crippen LogP contribution is 2.65. The van der Waals surface area contributed by atoms with Gasteiger partial charge in [0, 0.05) is 24.7 Å². The number of rotatable bonds is 3. The fourth-order valence-electron chi connectivity index (χ4n) is 7.24. The van der Waals surface area contributed by atoms with Gasteiger partial charge in [0.05, 0.1) is 6.61 Å². The molecule has 27 heavy (non-hydrogen) atoms. The van der Waals surface area contributed by atoms with Crippen molar-refractivity contribution in [2.24, 2.45) is 34.5 Å². The highest BCUT2D eigenvalue weighted by Gasteiger charge is 2.62. The molecule has 4 aliphatic rings. The summed E-state index contributed by atoms with van der Waals surface area (Å²) in [4.78, 5) is 37.1. The fraction of sp³-hybridized carbons (Fsp3) is 0.783. The van der Waals surface area contributed by atoms with E-state index in [1.807, 2.05) is 13.0 Å². The average Bonchev–Trinajstić information content (AvgIpc) is 2.86. The summed E-state index contributed by atoms with van der Waals surface area (Å²) in [5, 5.41) is 0. The van der Waals surface area contributed by atoms with Gasteiger partial charge in [-0.2, -0.15) is 0 Å².